The van der Waals surface area contributed by atoms with Crippen LogP contribution in [-0.2, 0) is 4.79 Å². The van der Waals surface area contributed by atoms with Gasteiger partial charge in [-0.15, -0.1) is 0 Å². The number of carbonyl (C=O) groups excluding carboxylic acids is 1. The summed E-state index contributed by atoms with van der Waals surface area (Å²) in [6, 6.07) is 4.04. The number of hydrogen-bond donors (Lipinski definition) is 1. The van der Waals surface area contributed by atoms with E-state index in [0.29, 0.717) is 16.8 Å². The first-order valence-electron chi connectivity index (χ1n) is 5.48. The number of benzene rings is 1. The molecular formula is C11H11BrN2O5. The molecule has 0 saturated carbocycles. The van der Waals surface area contributed by atoms with Gasteiger partial charge < -0.3 is 14.7 Å². The molecule has 2 rings (SSSR count). The number of alkyl halides is 1. The van der Waals surface area contributed by atoms with Crippen molar-refractivity contribution >= 4 is 33.2 Å². The second-order valence-corrected chi connectivity index (χ2v) is 4.66. The summed E-state index contributed by atoms with van der Waals surface area (Å²) in [7, 11) is 0. The van der Waals surface area contributed by atoms with Crippen LogP contribution in [-0.4, -0.2) is 40.5 Å². The van der Waals surface area contributed by atoms with Crippen molar-refractivity contribution in [2.75, 3.05) is 23.4 Å². The summed E-state index contributed by atoms with van der Waals surface area (Å²) in [5, 5.41) is 20.7. The van der Waals surface area contributed by atoms with Crippen molar-refractivity contribution < 1.29 is 19.6 Å². The standard InChI is InChI=1S/C11H11BrN2O5/c12-4-8(15)5-13-9-3-7(14(17)18)1-2-10(9)19-6-11(13)16/h1-3,8,15H,4-6H2. The van der Waals surface area contributed by atoms with E-state index in [0.717, 1.165) is 0 Å². The molecule has 0 aliphatic carbocycles. The van der Waals surface area contributed by atoms with Gasteiger partial charge in [0.1, 0.15) is 5.75 Å². The van der Waals surface area contributed by atoms with Crippen molar-refractivity contribution in [2.24, 2.45) is 0 Å². The van der Waals surface area contributed by atoms with Gasteiger partial charge in [0.15, 0.2) is 6.61 Å². The van der Waals surface area contributed by atoms with Crippen LogP contribution in [0.5, 0.6) is 5.75 Å². The van der Waals surface area contributed by atoms with Crippen LogP contribution in [0.3, 0.4) is 0 Å². The molecule has 0 saturated heterocycles. The van der Waals surface area contributed by atoms with Gasteiger partial charge in [-0.1, -0.05) is 15.9 Å². The Bertz CT molecular complexity index is 522. The quantitative estimate of drug-likeness (QED) is 0.506. The number of anilines is 1. The summed E-state index contributed by atoms with van der Waals surface area (Å²) in [6.07, 6.45) is -0.755. The molecule has 1 aliphatic heterocycles. The number of fused-ring (bicyclic) bond motifs is 1. The third-order valence-corrected chi connectivity index (χ3v) is 3.42. The molecule has 1 aromatic carbocycles. The monoisotopic (exact) mass is 330 g/mol. The van der Waals surface area contributed by atoms with Crippen molar-refractivity contribution in [1.29, 1.82) is 0 Å². The van der Waals surface area contributed by atoms with E-state index >= 15 is 0 Å². The number of halogens is 1. The van der Waals surface area contributed by atoms with Crippen molar-refractivity contribution in [2.45, 2.75) is 6.10 Å². The fraction of sp³-hybridized carbons (Fsp3) is 0.364. The van der Waals surface area contributed by atoms with Crippen LogP contribution < -0.4 is 9.64 Å². The molecule has 0 bridgehead atoms. The minimum Gasteiger partial charge on any atom is -0.482 e. The number of carbonyl (C=O) groups is 1. The summed E-state index contributed by atoms with van der Waals surface area (Å²) < 4.78 is 5.21. The second-order valence-electron chi connectivity index (χ2n) is 4.01. The zero-order valence-corrected chi connectivity index (χ0v) is 11.4. The van der Waals surface area contributed by atoms with Crippen molar-refractivity contribution in [3.05, 3.63) is 28.3 Å². The smallest absolute Gasteiger partial charge is 0.271 e. The Morgan fingerprint density at radius 3 is 2.95 bits per heavy atom. The molecule has 1 aliphatic rings. The molecule has 19 heavy (non-hydrogen) atoms. The van der Waals surface area contributed by atoms with Gasteiger partial charge in [-0.3, -0.25) is 14.9 Å². The Morgan fingerprint density at radius 2 is 2.32 bits per heavy atom. The Morgan fingerprint density at radius 1 is 1.58 bits per heavy atom. The highest BCUT2D eigenvalue weighted by molar-refractivity contribution is 9.09. The van der Waals surface area contributed by atoms with E-state index < -0.39 is 11.0 Å². The van der Waals surface area contributed by atoms with Crippen LogP contribution in [0.1, 0.15) is 0 Å². The molecule has 0 fully saturated rings. The van der Waals surface area contributed by atoms with Crippen LogP contribution >= 0.6 is 15.9 Å². The van der Waals surface area contributed by atoms with Crippen LogP contribution in [0.2, 0.25) is 0 Å². The van der Waals surface area contributed by atoms with Crippen LogP contribution in [0, 0.1) is 10.1 Å². The maximum absolute atomic E-state index is 11.8. The molecule has 1 heterocycles. The predicted octanol–water partition coefficient (Wildman–Crippen LogP) is 1.08. The summed E-state index contributed by atoms with van der Waals surface area (Å²) in [4.78, 5) is 23.3. The topological polar surface area (TPSA) is 92.9 Å². The van der Waals surface area contributed by atoms with Gasteiger partial charge in [0.2, 0.25) is 0 Å². The first-order valence-corrected chi connectivity index (χ1v) is 6.60. The molecular weight excluding hydrogens is 320 g/mol. The Balaban J connectivity index is 2.38. The van der Waals surface area contributed by atoms with E-state index in [9.17, 15) is 20.0 Å². The first-order chi connectivity index (χ1) is 9.02. The second kappa shape index (κ2) is 5.54. The third-order valence-electron chi connectivity index (χ3n) is 2.67. The molecule has 102 valence electrons. The molecule has 0 spiro atoms. The number of aliphatic hydroxyl groups excluding tert-OH is 1. The highest BCUT2D eigenvalue weighted by Gasteiger charge is 2.28. The Kier molecular flexibility index (Phi) is 4.01. The lowest BCUT2D eigenvalue weighted by molar-refractivity contribution is -0.384. The van der Waals surface area contributed by atoms with Gasteiger partial charge in [0.05, 0.1) is 23.3 Å². The van der Waals surface area contributed by atoms with Gasteiger partial charge in [0.25, 0.3) is 11.6 Å². The molecule has 0 aromatic heterocycles. The van der Waals surface area contributed by atoms with E-state index in [1.54, 1.807) is 0 Å². The normalized spacial score (nSPS) is 15.7. The van der Waals surface area contributed by atoms with Crippen molar-refractivity contribution in [3.8, 4) is 5.75 Å². The molecule has 7 nitrogen and oxygen atoms in total. The van der Waals surface area contributed by atoms with Crippen molar-refractivity contribution in [1.82, 2.24) is 0 Å². The fourth-order valence-corrected chi connectivity index (χ4v) is 1.97. The third kappa shape index (κ3) is 2.85. The number of amides is 1. The van der Waals surface area contributed by atoms with Gasteiger partial charge >= 0.3 is 0 Å². The maximum atomic E-state index is 11.8. The van der Waals surface area contributed by atoms with E-state index in [1.807, 2.05) is 0 Å². The largest absolute Gasteiger partial charge is 0.482 e. The van der Waals surface area contributed by atoms with Gasteiger partial charge in [-0.2, -0.15) is 0 Å². The number of aliphatic hydroxyl groups is 1. The van der Waals surface area contributed by atoms with E-state index in [1.165, 1.54) is 23.1 Å². The number of ether oxygens (including phenoxy) is 1. The zero-order valence-electron chi connectivity index (χ0n) is 9.78. The Hall–Kier alpha value is -1.67. The van der Waals surface area contributed by atoms with Gasteiger partial charge in [-0.05, 0) is 6.07 Å². The summed E-state index contributed by atoms with van der Waals surface area (Å²) in [5.74, 6) is 0.0555. The number of rotatable bonds is 4. The molecule has 0 radical (unpaired) electrons. The molecule has 1 unspecified atom stereocenters. The molecule has 1 atom stereocenters. The van der Waals surface area contributed by atoms with E-state index in [2.05, 4.69) is 15.9 Å². The molecule has 1 N–H and O–H groups in total. The van der Waals surface area contributed by atoms with Crippen LogP contribution in [0.15, 0.2) is 18.2 Å². The average molecular weight is 331 g/mol. The molecule has 1 aromatic rings. The van der Waals surface area contributed by atoms with Gasteiger partial charge in [0, 0.05) is 17.5 Å². The lowest BCUT2D eigenvalue weighted by Crippen LogP contribution is -2.43. The number of nitro benzene ring substituents is 1. The maximum Gasteiger partial charge on any atom is 0.271 e. The fourth-order valence-electron chi connectivity index (χ4n) is 1.76. The molecule has 8 heteroatoms. The SMILES string of the molecule is O=C1COc2ccc([N+](=O)[O-])cc2N1CC(O)CBr. The number of non-ortho nitro benzene ring substituents is 1. The van der Waals surface area contributed by atoms with Crippen LogP contribution in [0.4, 0.5) is 11.4 Å². The zero-order chi connectivity index (χ0) is 14.0. The van der Waals surface area contributed by atoms with E-state index in [4.69, 9.17) is 4.74 Å². The highest BCUT2D eigenvalue weighted by Crippen LogP contribution is 2.35. The molecule has 1 amide bonds. The first kappa shape index (κ1) is 13.8. The van der Waals surface area contributed by atoms with Gasteiger partial charge in [-0.25, -0.2) is 0 Å². The lowest BCUT2D eigenvalue weighted by Gasteiger charge is -2.30. The number of nitrogens with zero attached hydrogens (tertiary/aromatic N) is 2. The number of β-amino-alcohol motifs (C(OH)–C–C–N with tert-alkyl or cyclic N) is 1. The number of nitro groups is 1. The highest BCUT2D eigenvalue weighted by atomic mass is 79.9. The summed E-state index contributed by atoms with van der Waals surface area (Å²) in [6.45, 7) is -0.0819. The summed E-state index contributed by atoms with van der Waals surface area (Å²) in [5.41, 5.74) is 0.181. The minimum absolute atomic E-state index is 0.0572. The lowest BCUT2D eigenvalue weighted by atomic mass is 10.2. The predicted molar refractivity (Wildman–Crippen MR) is 70.7 cm³/mol. The summed E-state index contributed by atoms with van der Waals surface area (Å²) >= 11 is 3.11. The number of hydrogen-bond acceptors (Lipinski definition) is 5. The van der Waals surface area contributed by atoms with Crippen LogP contribution in [0.25, 0.3) is 0 Å². The Labute approximate surface area is 117 Å². The minimum atomic E-state index is -0.755. The average Bonchev–Trinajstić information content (AvgIpc) is 2.41. The van der Waals surface area contributed by atoms with Crippen molar-refractivity contribution in [3.63, 3.8) is 0 Å². The van der Waals surface area contributed by atoms with E-state index in [-0.39, 0.29) is 24.7 Å².